The van der Waals surface area contributed by atoms with E-state index in [4.69, 9.17) is 5.73 Å². The van der Waals surface area contributed by atoms with Gasteiger partial charge in [-0.3, -0.25) is 4.98 Å². The van der Waals surface area contributed by atoms with Gasteiger partial charge in [-0.1, -0.05) is 0 Å². The third-order valence-corrected chi connectivity index (χ3v) is 2.16. The van der Waals surface area contributed by atoms with Crippen molar-refractivity contribution in [3.8, 4) is 0 Å². The van der Waals surface area contributed by atoms with E-state index in [0.717, 1.165) is 11.1 Å². The lowest BCUT2D eigenvalue weighted by Gasteiger charge is -2.07. The summed E-state index contributed by atoms with van der Waals surface area (Å²) in [5, 5.41) is 4.08. The SMILES string of the molecule is NCCNc1ccnc2cc(F)ccc12. The number of fused-ring (bicyclic) bond motifs is 1. The lowest BCUT2D eigenvalue weighted by Crippen LogP contribution is -2.13. The number of hydrogen-bond acceptors (Lipinski definition) is 3. The molecule has 1 heterocycles. The number of nitrogens with two attached hydrogens (primary N) is 1. The molecule has 1 aromatic heterocycles. The zero-order valence-corrected chi connectivity index (χ0v) is 8.20. The number of rotatable bonds is 3. The van der Waals surface area contributed by atoms with Crippen LogP contribution in [0.2, 0.25) is 0 Å². The molecule has 4 heteroatoms. The highest BCUT2D eigenvalue weighted by Crippen LogP contribution is 2.21. The molecule has 0 aliphatic heterocycles. The molecular weight excluding hydrogens is 193 g/mol. The smallest absolute Gasteiger partial charge is 0.125 e. The van der Waals surface area contributed by atoms with E-state index in [-0.39, 0.29) is 5.82 Å². The van der Waals surface area contributed by atoms with Gasteiger partial charge < -0.3 is 11.1 Å². The molecule has 3 nitrogen and oxygen atoms in total. The minimum Gasteiger partial charge on any atom is -0.383 e. The van der Waals surface area contributed by atoms with Crippen LogP contribution >= 0.6 is 0 Å². The van der Waals surface area contributed by atoms with Gasteiger partial charge in [0.2, 0.25) is 0 Å². The quantitative estimate of drug-likeness (QED) is 0.802. The third kappa shape index (κ3) is 2.05. The van der Waals surface area contributed by atoms with Crippen LogP contribution in [-0.2, 0) is 0 Å². The first-order chi connectivity index (χ1) is 7.31. The fraction of sp³-hybridized carbons (Fsp3) is 0.182. The number of pyridine rings is 1. The first-order valence-corrected chi connectivity index (χ1v) is 4.79. The molecule has 0 aliphatic carbocycles. The van der Waals surface area contributed by atoms with Crippen molar-refractivity contribution in [2.75, 3.05) is 18.4 Å². The van der Waals surface area contributed by atoms with Crippen molar-refractivity contribution in [2.24, 2.45) is 5.73 Å². The van der Waals surface area contributed by atoms with E-state index < -0.39 is 0 Å². The number of halogens is 1. The predicted octanol–water partition coefficient (Wildman–Crippen LogP) is 1.74. The van der Waals surface area contributed by atoms with E-state index >= 15 is 0 Å². The normalized spacial score (nSPS) is 10.5. The molecule has 0 saturated carbocycles. The van der Waals surface area contributed by atoms with Gasteiger partial charge in [0.15, 0.2) is 0 Å². The van der Waals surface area contributed by atoms with Crippen LogP contribution in [0, 0.1) is 5.82 Å². The monoisotopic (exact) mass is 205 g/mol. The Morgan fingerprint density at radius 2 is 2.20 bits per heavy atom. The lowest BCUT2D eigenvalue weighted by atomic mass is 10.2. The zero-order chi connectivity index (χ0) is 10.7. The molecule has 2 aromatic rings. The summed E-state index contributed by atoms with van der Waals surface area (Å²) < 4.78 is 12.9. The van der Waals surface area contributed by atoms with Gasteiger partial charge in [0.05, 0.1) is 5.52 Å². The van der Waals surface area contributed by atoms with Crippen LogP contribution in [0.3, 0.4) is 0 Å². The average Bonchev–Trinajstić information content (AvgIpc) is 2.25. The predicted molar refractivity (Wildman–Crippen MR) is 59.2 cm³/mol. The number of nitrogens with zero attached hydrogens (tertiary/aromatic N) is 1. The van der Waals surface area contributed by atoms with Gasteiger partial charge >= 0.3 is 0 Å². The Labute approximate surface area is 87.1 Å². The second-order valence-electron chi connectivity index (χ2n) is 3.24. The topological polar surface area (TPSA) is 50.9 Å². The Morgan fingerprint density at radius 3 is 3.00 bits per heavy atom. The van der Waals surface area contributed by atoms with Gasteiger partial charge in [-0.15, -0.1) is 0 Å². The van der Waals surface area contributed by atoms with Gasteiger partial charge in [0.1, 0.15) is 5.82 Å². The van der Waals surface area contributed by atoms with E-state index in [1.54, 1.807) is 12.3 Å². The molecule has 1 aromatic carbocycles. The summed E-state index contributed by atoms with van der Waals surface area (Å²) in [6.45, 7) is 1.25. The molecule has 0 unspecified atom stereocenters. The highest BCUT2D eigenvalue weighted by atomic mass is 19.1. The van der Waals surface area contributed by atoms with E-state index in [1.807, 2.05) is 6.07 Å². The minimum absolute atomic E-state index is 0.272. The molecular formula is C11H12FN3. The molecule has 15 heavy (non-hydrogen) atoms. The second-order valence-corrected chi connectivity index (χ2v) is 3.24. The van der Waals surface area contributed by atoms with Crippen molar-refractivity contribution in [3.63, 3.8) is 0 Å². The number of benzene rings is 1. The molecule has 0 atom stereocenters. The highest BCUT2D eigenvalue weighted by molar-refractivity contribution is 5.90. The molecule has 0 saturated heterocycles. The van der Waals surface area contributed by atoms with Gasteiger partial charge in [-0.05, 0) is 18.2 Å². The Hall–Kier alpha value is -1.68. The second kappa shape index (κ2) is 4.23. The Kier molecular flexibility index (Phi) is 2.78. The van der Waals surface area contributed by atoms with E-state index in [1.165, 1.54) is 12.1 Å². The van der Waals surface area contributed by atoms with E-state index in [9.17, 15) is 4.39 Å². The van der Waals surface area contributed by atoms with Gasteiger partial charge in [0, 0.05) is 36.4 Å². The zero-order valence-electron chi connectivity index (χ0n) is 8.20. The van der Waals surface area contributed by atoms with Gasteiger partial charge in [-0.2, -0.15) is 0 Å². The summed E-state index contributed by atoms with van der Waals surface area (Å²) >= 11 is 0. The van der Waals surface area contributed by atoms with Crippen molar-refractivity contribution in [2.45, 2.75) is 0 Å². The van der Waals surface area contributed by atoms with E-state index in [0.29, 0.717) is 18.6 Å². The first kappa shape index (κ1) is 9.86. The van der Waals surface area contributed by atoms with Crippen molar-refractivity contribution < 1.29 is 4.39 Å². The van der Waals surface area contributed by atoms with Crippen LogP contribution in [0.5, 0.6) is 0 Å². The summed E-state index contributed by atoms with van der Waals surface area (Å²) in [5.41, 5.74) is 6.99. The molecule has 0 spiro atoms. The number of anilines is 1. The molecule has 0 bridgehead atoms. The fourth-order valence-corrected chi connectivity index (χ4v) is 1.48. The maximum Gasteiger partial charge on any atom is 0.125 e. The Morgan fingerprint density at radius 1 is 1.33 bits per heavy atom. The van der Waals surface area contributed by atoms with Crippen LogP contribution in [0.25, 0.3) is 10.9 Å². The van der Waals surface area contributed by atoms with Crippen molar-refractivity contribution in [1.29, 1.82) is 0 Å². The largest absolute Gasteiger partial charge is 0.383 e. The standard InChI is InChI=1S/C11H12FN3/c12-8-1-2-9-10(15-6-4-13)3-5-14-11(9)7-8/h1-3,5,7H,4,6,13H2,(H,14,15). The van der Waals surface area contributed by atoms with Crippen molar-refractivity contribution >= 4 is 16.6 Å². The number of aromatic nitrogens is 1. The van der Waals surface area contributed by atoms with Gasteiger partial charge in [0.25, 0.3) is 0 Å². The summed E-state index contributed by atoms with van der Waals surface area (Å²) in [5.74, 6) is -0.272. The Bertz CT molecular complexity index is 470. The van der Waals surface area contributed by atoms with Gasteiger partial charge in [-0.25, -0.2) is 4.39 Å². The fourth-order valence-electron chi connectivity index (χ4n) is 1.48. The molecule has 0 radical (unpaired) electrons. The lowest BCUT2D eigenvalue weighted by molar-refractivity contribution is 0.629. The number of hydrogen-bond donors (Lipinski definition) is 2. The molecule has 78 valence electrons. The summed E-state index contributed by atoms with van der Waals surface area (Å²) in [7, 11) is 0. The highest BCUT2D eigenvalue weighted by Gasteiger charge is 2.01. The molecule has 0 fully saturated rings. The van der Waals surface area contributed by atoms with Crippen molar-refractivity contribution in [1.82, 2.24) is 4.98 Å². The average molecular weight is 205 g/mol. The molecule has 3 N–H and O–H groups in total. The first-order valence-electron chi connectivity index (χ1n) is 4.79. The Balaban J connectivity index is 2.46. The maximum atomic E-state index is 12.9. The minimum atomic E-state index is -0.272. The molecule has 0 aliphatic rings. The van der Waals surface area contributed by atoms with Crippen LogP contribution in [0.4, 0.5) is 10.1 Å². The summed E-state index contributed by atoms with van der Waals surface area (Å²) in [4.78, 5) is 4.10. The maximum absolute atomic E-state index is 12.9. The number of nitrogens with one attached hydrogen (secondary N) is 1. The van der Waals surface area contributed by atoms with Crippen LogP contribution < -0.4 is 11.1 Å². The summed E-state index contributed by atoms with van der Waals surface area (Å²) in [6, 6.07) is 6.42. The molecule has 0 amide bonds. The third-order valence-electron chi connectivity index (χ3n) is 2.16. The van der Waals surface area contributed by atoms with Crippen LogP contribution in [0.15, 0.2) is 30.5 Å². The van der Waals surface area contributed by atoms with E-state index in [2.05, 4.69) is 10.3 Å². The van der Waals surface area contributed by atoms with Crippen LogP contribution in [-0.4, -0.2) is 18.1 Å². The van der Waals surface area contributed by atoms with Crippen LogP contribution in [0.1, 0.15) is 0 Å². The molecule has 2 rings (SSSR count). The van der Waals surface area contributed by atoms with Crippen molar-refractivity contribution in [3.05, 3.63) is 36.3 Å². The summed E-state index contributed by atoms with van der Waals surface area (Å²) in [6.07, 6.45) is 1.65.